The maximum absolute atomic E-state index is 14.3. The summed E-state index contributed by atoms with van der Waals surface area (Å²) in [5, 5.41) is 10.7. The number of quaternary nitrogens is 1. The quantitative estimate of drug-likeness (QED) is 0.318. The number of anilines is 1. The van der Waals surface area contributed by atoms with Gasteiger partial charge in [-0.2, -0.15) is 0 Å². The van der Waals surface area contributed by atoms with Crippen molar-refractivity contribution in [2.45, 2.75) is 71.2 Å². The highest BCUT2D eigenvalue weighted by Gasteiger charge is 2.50. The van der Waals surface area contributed by atoms with Crippen molar-refractivity contribution >= 4 is 17.6 Å². The molecule has 3 aliphatic heterocycles. The van der Waals surface area contributed by atoms with E-state index in [1.54, 1.807) is 0 Å². The van der Waals surface area contributed by atoms with Crippen LogP contribution in [-0.2, 0) is 32.0 Å². The summed E-state index contributed by atoms with van der Waals surface area (Å²) in [6, 6.07) is 14.0. The van der Waals surface area contributed by atoms with Crippen molar-refractivity contribution in [2.75, 3.05) is 65.5 Å². The second kappa shape index (κ2) is 13.8. The van der Waals surface area contributed by atoms with E-state index in [0.29, 0.717) is 39.3 Å². The maximum atomic E-state index is 14.3. The molecule has 3 aliphatic rings. The second-order valence-corrected chi connectivity index (χ2v) is 14.7. The Bertz CT molecular complexity index is 1350. The number of nitrogens with zero attached hydrogens (tertiary/aromatic N) is 3. The smallest absolute Gasteiger partial charge is 0.308 e. The molecule has 0 radical (unpaired) electrons. The van der Waals surface area contributed by atoms with E-state index in [0.717, 1.165) is 52.9 Å². The summed E-state index contributed by atoms with van der Waals surface area (Å²) in [6.45, 7) is 10.1. The molecule has 0 spiro atoms. The fourth-order valence-corrected chi connectivity index (χ4v) is 7.31. The standard InChI is InChI=1S/C36H51N3O6/c1-7-8-15-38(28-11-9-10-25(19-28)24-39(4,5)6)32(40)23-37-22-29(26-12-13-31-27(20-26)14-16-43-31)33(34(41)42)30(37)21-36(2,3)35-44-17-18-45-35/h9-13,19-20,29-30,33,35H,7-8,14-18,21-24H2,1-6H3/p+1/t29-,30+,33-/m1/s1. The summed E-state index contributed by atoms with van der Waals surface area (Å²) in [4.78, 5) is 31.4. The molecule has 0 bridgehead atoms. The lowest BCUT2D eigenvalue weighted by Crippen LogP contribution is -2.47. The normalized spacial score (nSPS) is 22.4. The Balaban J connectivity index is 1.46. The minimum Gasteiger partial charge on any atom is -0.493 e. The molecule has 1 amide bonds. The highest BCUT2D eigenvalue weighted by atomic mass is 16.7. The van der Waals surface area contributed by atoms with Gasteiger partial charge in [0.1, 0.15) is 12.3 Å². The van der Waals surface area contributed by atoms with E-state index < -0.39 is 23.6 Å². The summed E-state index contributed by atoms with van der Waals surface area (Å²) in [5.74, 6) is -0.908. The van der Waals surface area contributed by atoms with Crippen LogP contribution in [0.15, 0.2) is 42.5 Å². The molecule has 246 valence electrons. The Labute approximate surface area is 268 Å². The van der Waals surface area contributed by atoms with Crippen molar-refractivity contribution in [1.29, 1.82) is 0 Å². The van der Waals surface area contributed by atoms with E-state index in [1.165, 1.54) is 5.56 Å². The fraction of sp³-hybridized carbons (Fsp3) is 0.611. The Morgan fingerprint density at radius 3 is 2.51 bits per heavy atom. The molecule has 2 saturated heterocycles. The first kappa shape index (κ1) is 33.4. The van der Waals surface area contributed by atoms with Crippen LogP contribution in [0.2, 0.25) is 0 Å². The number of hydrogen-bond acceptors (Lipinski definition) is 6. The third-order valence-electron chi connectivity index (χ3n) is 9.42. The van der Waals surface area contributed by atoms with Crippen molar-refractivity contribution in [3.8, 4) is 5.75 Å². The average molecular weight is 623 g/mol. The fourth-order valence-electron chi connectivity index (χ4n) is 7.31. The molecular weight excluding hydrogens is 570 g/mol. The number of unbranched alkanes of at least 4 members (excludes halogenated alkanes) is 1. The zero-order valence-corrected chi connectivity index (χ0v) is 28.0. The SMILES string of the molecule is CCCCN(C(=O)CN1C[C@H](c2ccc3c(c2)CCO3)[C@@H](C(=O)O)[C@@H]1CC(C)(C)C1OCCO1)c1cccc(C[N+](C)(C)C)c1. The van der Waals surface area contributed by atoms with Gasteiger partial charge < -0.3 is 28.7 Å². The Hall–Kier alpha value is -2.98. The van der Waals surface area contributed by atoms with Gasteiger partial charge in [-0.25, -0.2) is 0 Å². The van der Waals surface area contributed by atoms with Crippen LogP contribution in [-0.4, -0.2) is 99.3 Å². The topological polar surface area (TPSA) is 88.5 Å². The molecular formula is C36H52N3O6+. The van der Waals surface area contributed by atoms with Gasteiger partial charge in [-0.3, -0.25) is 14.5 Å². The van der Waals surface area contributed by atoms with E-state index in [4.69, 9.17) is 14.2 Å². The minimum absolute atomic E-state index is 0.00540. The first-order valence-electron chi connectivity index (χ1n) is 16.5. The van der Waals surface area contributed by atoms with E-state index >= 15 is 0 Å². The number of rotatable bonds is 13. The number of carbonyl (C=O) groups is 2. The molecule has 2 fully saturated rings. The Morgan fingerprint density at radius 1 is 1.07 bits per heavy atom. The number of carboxylic acid groups (broad SMARTS) is 1. The number of aliphatic carboxylic acids is 1. The first-order chi connectivity index (χ1) is 21.4. The second-order valence-electron chi connectivity index (χ2n) is 14.7. The number of likely N-dealkylation sites (tertiary alicyclic amines) is 1. The number of benzene rings is 2. The number of hydrogen-bond donors (Lipinski definition) is 1. The van der Waals surface area contributed by atoms with Gasteiger partial charge in [0, 0.05) is 48.1 Å². The molecule has 3 atom stereocenters. The number of carboxylic acids is 1. The summed E-state index contributed by atoms with van der Waals surface area (Å²) in [6.07, 6.45) is 2.79. The molecule has 2 aromatic carbocycles. The van der Waals surface area contributed by atoms with Crippen molar-refractivity contribution in [3.63, 3.8) is 0 Å². The molecule has 9 nitrogen and oxygen atoms in total. The molecule has 3 heterocycles. The molecule has 1 N–H and O–H groups in total. The monoisotopic (exact) mass is 622 g/mol. The maximum Gasteiger partial charge on any atom is 0.308 e. The first-order valence-corrected chi connectivity index (χ1v) is 16.5. The Kier molecular flexibility index (Phi) is 10.2. The van der Waals surface area contributed by atoms with Gasteiger partial charge >= 0.3 is 5.97 Å². The van der Waals surface area contributed by atoms with Gasteiger partial charge in [-0.1, -0.05) is 51.5 Å². The molecule has 5 rings (SSSR count). The molecule has 0 unspecified atom stereocenters. The molecule has 9 heteroatoms. The third kappa shape index (κ3) is 7.88. The van der Waals surface area contributed by atoms with Crippen LogP contribution in [0.5, 0.6) is 5.75 Å². The van der Waals surface area contributed by atoms with Crippen molar-refractivity contribution in [2.24, 2.45) is 11.3 Å². The number of carbonyl (C=O) groups excluding carboxylic acids is 1. The van der Waals surface area contributed by atoms with Gasteiger partial charge in [0.2, 0.25) is 5.91 Å². The van der Waals surface area contributed by atoms with Crippen molar-refractivity contribution in [1.82, 2.24) is 4.90 Å². The molecule has 0 aliphatic carbocycles. The third-order valence-corrected chi connectivity index (χ3v) is 9.42. The zero-order chi connectivity index (χ0) is 32.4. The van der Waals surface area contributed by atoms with E-state index in [1.807, 2.05) is 29.2 Å². The van der Waals surface area contributed by atoms with Crippen LogP contribution >= 0.6 is 0 Å². The van der Waals surface area contributed by atoms with Crippen LogP contribution in [0.4, 0.5) is 5.69 Å². The number of amides is 1. The van der Waals surface area contributed by atoms with Crippen molar-refractivity contribution < 1.29 is 33.4 Å². The largest absolute Gasteiger partial charge is 0.493 e. The van der Waals surface area contributed by atoms with Crippen LogP contribution in [0.25, 0.3) is 0 Å². The van der Waals surface area contributed by atoms with Crippen LogP contribution in [0.3, 0.4) is 0 Å². The molecule has 0 aromatic heterocycles. The summed E-state index contributed by atoms with van der Waals surface area (Å²) >= 11 is 0. The number of ether oxygens (including phenoxy) is 3. The predicted molar refractivity (Wildman–Crippen MR) is 174 cm³/mol. The zero-order valence-electron chi connectivity index (χ0n) is 28.0. The Morgan fingerprint density at radius 2 is 1.82 bits per heavy atom. The molecule has 0 saturated carbocycles. The predicted octanol–water partition coefficient (Wildman–Crippen LogP) is 4.92. The van der Waals surface area contributed by atoms with Gasteiger partial charge in [-0.15, -0.1) is 0 Å². The lowest BCUT2D eigenvalue weighted by Gasteiger charge is -2.37. The van der Waals surface area contributed by atoms with Crippen LogP contribution < -0.4 is 9.64 Å². The highest BCUT2D eigenvalue weighted by Crippen LogP contribution is 2.45. The highest BCUT2D eigenvalue weighted by molar-refractivity contribution is 5.95. The number of fused-ring (bicyclic) bond motifs is 1. The van der Waals surface area contributed by atoms with Gasteiger partial charge in [0.25, 0.3) is 0 Å². The summed E-state index contributed by atoms with van der Waals surface area (Å²) in [7, 11) is 6.48. The van der Waals surface area contributed by atoms with Gasteiger partial charge in [0.15, 0.2) is 6.29 Å². The molecule has 45 heavy (non-hydrogen) atoms. The molecule has 2 aromatic rings. The van der Waals surface area contributed by atoms with E-state index in [9.17, 15) is 14.7 Å². The minimum atomic E-state index is -0.836. The van der Waals surface area contributed by atoms with E-state index in [2.05, 4.69) is 65.0 Å². The summed E-state index contributed by atoms with van der Waals surface area (Å²) in [5.41, 5.74) is 3.74. The van der Waals surface area contributed by atoms with Crippen molar-refractivity contribution in [3.05, 3.63) is 59.2 Å². The van der Waals surface area contributed by atoms with Gasteiger partial charge in [0.05, 0.1) is 53.4 Å². The lowest BCUT2D eigenvalue weighted by atomic mass is 9.77. The van der Waals surface area contributed by atoms with E-state index in [-0.39, 0.29) is 24.4 Å². The van der Waals surface area contributed by atoms with Crippen LogP contribution in [0, 0.1) is 11.3 Å². The lowest BCUT2D eigenvalue weighted by molar-refractivity contribution is -0.884. The van der Waals surface area contributed by atoms with Gasteiger partial charge in [-0.05, 0) is 42.2 Å². The summed E-state index contributed by atoms with van der Waals surface area (Å²) < 4.78 is 18.3. The average Bonchev–Trinajstić information content (AvgIpc) is 3.73. The van der Waals surface area contributed by atoms with Crippen LogP contribution in [0.1, 0.15) is 62.6 Å².